The zero-order valence-electron chi connectivity index (χ0n) is 6.49. The lowest BCUT2D eigenvalue weighted by Gasteiger charge is -1.97. The van der Waals surface area contributed by atoms with Gasteiger partial charge in [-0.2, -0.15) is 0 Å². The summed E-state index contributed by atoms with van der Waals surface area (Å²) in [6, 6.07) is 3.81. The zero-order valence-corrected chi connectivity index (χ0v) is 6.49. The fourth-order valence-electron chi connectivity index (χ4n) is 0.872. The van der Waals surface area contributed by atoms with Crippen LogP contribution in [0.1, 0.15) is 12.5 Å². The summed E-state index contributed by atoms with van der Waals surface area (Å²) in [4.78, 5) is 7.77. The zero-order chi connectivity index (χ0) is 8.10. The highest BCUT2D eigenvalue weighted by molar-refractivity contribution is 5.67. The lowest BCUT2D eigenvalue weighted by Crippen LogP contribution is -1.79. The van der Waals surface area contributed by atoms with Gasteiger partial charge >= 0.3 is 0 Å². The van der Waals surface area contributed by atoms with Gasteiger partial charge in [0.25, 0.3) is 0 Å². The topological polar surface area (TPSA) is 25.2 Å². The van der Waals surface area contributed by atoms with Gasteiger partial charge < -0.3 is 0 Å². The van der Waals surface area contributed by atoms with Gasteiger partial charge in [0.2, 0.25) is 0 Å². The molecule has 56 valence electrons. The Hall–Kier alpha value is -1.44. The number of aliphatic imine (C=N–C) groups is 1. The largest absolute Gasteiger partial charge is 0.265 e. The molecule has 0 saturated heterocycles. The van der Waals surface area contributed by atoms with Crippen LogP contribution in [0.2, 0.25) is 0 Å². The minimum absolute atomic E-state index is 0.896. The first kappa shape index (κ1) is 7.66. The molecule has 0 aliphatic heterocycles. The second-order valence-electron chi connectivity index (χ2n) is 2.07. The molecule has 0 fully saturated rings. The smallest absolute Gasteiger partial charge is 0.0653 e. The predicted octanol–water partition coefficient (Wildman–Crippen LogP) is 2.14. The molecule has 0 atom stereocenters. The van der Waals surface area contributed by atoms with Crippen molar-refractivity contribution in [2.24, 2.45) is 4.99 Å². The van der Waals surface area contributed by atoms with Crippen LogP contribution >= 0.6 is 0 Å². The quantitative estimate of drug-likeness (QED) is 0.587. The molecular formula is C9H10N2. The lowest BCUT2D eigenvalue weighted by molar-refractivity contribution is 1.31. The summed E-state index contributed by atoms with van der Waals surface area (Å²) in [5, 5.41) is 0. The Labute approximate surface area is 66.3 Å². The van der Waals surface area contributed by atoms with Crippen molar-refractivity contribution in [2.45, 2.75) is 6.92 Å². The third-order valence-electron chi connectivity index (χ3n) is 1.42. The Morgan fingerprint density at radius 2 is 2.18 bits per heavy atom. The average molecular weight is 146 g/mol. The van der Waals surface area contributed by atoms with E-state index in [0.717, 1.165) is 11.3 Å². The Balaban J connectivity index is 3.01. The van der Waals surface area contributed by atoms with E-state index in [9.17, 15) is 0 Å². The Kier molecular flexibility index (Phi) is 2.55. The normalized spacial score (nSPS) is 11.2. The van der Waals surface area contributed by atoms with Gasteiger partial charge in [-0.25, -0.2) is 0 Å². The number of rotatable bonds is 2. The highest BCUT2D eigenvalue weighted by Gasteiger charge is 1.93. The molecule has 0 aliphatic carbocycles. The van der Waals surface area contributed by atoms with Crippen LogP contribution in [0.5, 0.6) is 0 Å². The third-order valence-corrected chi connectivity index (χ3v) is 1.42. The molecule has 0 amide bonds. The second-order valence-corrected chi connectivity index (χ2v) is 2.07. The summed E-state index contributed by atoms with van der Waals surface area (Å²) in [6.07, 6.45) is 5.40. The Morgan fingerprint density at radius 3 is 2.64 bits per heavy atom. The lowest BCUT2D eigenvalue weighted by atomic mass is 10.2. The van der Waals surface area contributed by atoms with Crippen LogP contribution in [-0.4, -0.2) is 11.7 Å². The van der Waals surface area contributed by atoms with E-state index in [1.807, 2.05) is 25.1 Å². The standard InChI is InChI=1S/C9H10N2/c1-3-9(10-2)8-4-6-11-7-5-8/h3-7H,2H2,1H3/b9-3-. The van der Waals surface area contributed by atoms with Gasteiger partial charge in [-0.3, -0.25) is 9.98 Å². The van der Waals surface area contributed by atoms with E-state index in [1.54, 1.807) is 12.4 Å². The average Bonchev–Trinajstić information content (AvgIpc) is 2.09. The number of hydrogen-bond acceptors (Lipinski definition) is 2. The van der Waals surface area contributed by atoms with Crippen molar-refractivity contribution < 1.29 is 0 Å². The SMILES string of the molecule is C=N/C(=C\C)c1ccncc1. The first-order chi connectivity index (χ1) is 5.38. The molecule has 0 radical (unpaired) electrons. The Bertz CT molecular complexity index is 262. The van der Waals surface area contributed by atoms with Gasteiger partial charge in [-0.1, -0.05) is 6.08 Å². The maximum atomic E-state index is 3.91. The number of pyridine rings is 1. The number of aromatic nitrogens is 1. The van der Waals surface area contributed by atoms with Gasteiger partial charge in [0.15, 0.2) is 0 Å². The fraction of sp³-hybridized carbons (Fsp3) is 0.111. The monoisotopic (exact) mass is 146 g/mol. The minimum Gasteiger partial charge on any atom is -0.265 e. The summed E-state index contributed by atoms with van der Waals surface area (Å²) >= 11 is 0. The summed E-state index contributed by atoms with van der Waals surface area (Å²) in [5.74, 6) is 0. The van der Waals surface area contributed by atoms with Crippen LogP contribution in [0, 0.1) is 0 Å². The maximum Gasteiger partial charge on any atom is 0.0653 e. The highest BCUT2D eigenvalue weighted by atomic mass is 14.7. The van der Waals surface area contributed by atoms with Gasteiger partial charge in [-0.05, 0) is 25.8 Å². The summed E-state index contributed by atoms with van der Waals surface area (Å²) in [6.45, 7) is 5.40. The van der Waals surface area contributed by atoms with Crippen molar-refractivity contribution in [3.8, 4) is 0 Å². The van der Waals surface area contributed by atoms with Crippen molar-refractivity contribution >= 4 is 12.4 Å². The molecule has 1 aromatic heterocycles. The molecule has 2 nitrogen and oxygen atoms in total. The van der Waals surface area contributed by atoms with Crippen LogP contribution in [0.3, 0.4) is 0 Å². The summed E-state index contributed by atoms with van der Waals surface area (Å²) in [5.41, 5.74) is 1.95. The molecule has 0 bridgehead atoms. The molecule has 1 rings (SSSR count). The highest BCUT2D eigenvalue weighted by Crippen LogP contribution is 2.12. The molecule has 0 N–H and O–H groups in total. The van der Waals surface area contributed by atoms with Crippen LogP contribution in [-0.2, 0) is 0 Å². The van der Waals surface area contributed by atoms with Crippen molar-refractivity contribution in [1.82, 2.24) is 4.98 Å². The van der Waals surface area contributed by atoms with Crippen molar-refractivity contribution in [3.63, 3.8) is 0 Å². The van der Waals surface area contributed by atoms with E-state index < -0.39 is 0 Å². The van der Waals surface area contributed by atoms with E-state index >= 15 is 0 Å². The van der Waals surface area contributed by atoms with Crippen LogP contribution < -0.4 is 0 Å². The minimum atomic E-state index is 0.896. The maximum absolute atomic E-state index is 3.91. The Morgan fingerprint density at radius 1 is 1.55 bits per heavy atom. The van der Waals surface area contributed by atoms with Crippen LogP contribution in [0.25, 0.3) is 5.70 Å². The van der Waals surface area contributed by atoms with E-state index in [2.05, 4.69) is 16.7 Å². The van der Waals surface area contributed by atoms with Crippen molar-refractivity contribution in [2.75, 3.05) is 0 Å². The van der Waals surface area contributed by atoms with Gasteiger partial charge in [-0.15, -0.1) is 0 Å². The molecule has 0 unspecified atom stereocenters. The van der Waals surface area contributed by atoms with E-state index in [4.69, 9.17) is 0 Å². The molecule has 1 heterocycles. The summed E-state index contributed by atoms with van der Waals surface area (Å²) < 4.78 is 0. The van der Waals surface area contributed by atoms with Crippen LogP contribution in [0.4, 0.5) is 0 Å². The van der Waals surface area contributed by atoms with Crippen molar-refractivity contribution in [3.05, 3.63) is 36.2 Å². The molecule has 0 saturated carbocycles. The molecule has 1 aromatic rings. The predicted molar refractivity (Wildman–Crippen MR) is 47.4 cm³/mol. The summed E-state index contributed by atoms with van der Waals surface area (Å²) in [7, 11) is 0. The number of hydrogen-bond donors (Lipinski definition) is 0. The molecule has 0 aromatic carbocycles. The first-order valence-electron chi connectivity index (χ1n) is 3.42. The van der Waals surface area contributed by atoms with E-state index in [-0.39, 0.29) is 0 Å². The first-order valence-corrected chi connectivity index (χ1v) is 3.42. The van der Waals surface area contributed by atoms with Crippen molar-refractivity contribution in [1.29, 1.82) is 0 Å². The fourth-order valence-corrected chi connectivity index (χ4v) is 0.872. The molecular weight excluding hydrogens is 136 g/mol. The van der Waals surface area contributed by atoms with Gasteiger partial charge in [0, 0.05) is 18.0 Å². The van der Waals surface area contributed by atoms with Gasteiger partial charge in [0.1, 0.15) is 0 Å². The molecule has 2 heteroatoms. The molecule has 0 aliphatic rings. The van der Waals surface area contributed by atoms with E-state index in [1.165, 1.54) is 0 Å². The van der Waals surface area contributed by atoms with Crippen LogP contribution in [0.15, 0.2) is 35.6 Å². The third kappa shape index (κ3) is 1.74. The molecule has 0 spiro atoms. The second kappa shape index (κ2) is 3.66. The molecule has 11 heavy (non-hydrogen) atoms. The van der Waals surface area contributed by atoms with Gasteiger partial charge in [0.05, 0.1) is 5.70 Å². The number of allylic oxidation sites excluding steroid dienone is 1. The van der Waals surface area contributed by atoms with E-state index in [0.29, 0.717) is 0 Å². The number of nitrogens with zero attached hydrogens (tertiary/aromatic N) is 2.